The van der Waals surface area contributed by atoms with Crippen molar-refractivity contribution in [3.63, 3.8) is 0 Å². The van der Waals surface area contributed by atoms with Crippen molar-refractivity contribution in [2.24, 2.45) is 0 Å². The van der Waals surface area contributed by atoms with Crippen LogP contribution in [0, 0.1) is 6.92 Å². The van der Waals surface area contributed by atoms with Crippen LogP contribution in [0.1, 0.15) is 16.4 Å². The molecule has 0 radical (unpaired) electrons. The van der Waals surface area contributed by atoms with Gasteiger partial charge in [0.25, 0.3) is 5.89 Å². The molecule has 1 amide bonds. The topological polar surface area (TPSA) is 75.4 Å². The van der Waals surface area contributed by atoms with E-state index < -0.39 is 5.91 Å². The molecule has 1 heterocycles. The summed E-state index contributed by atoms with van der Waals surface area (Å²) in [5.41, 5.74) is 0.207. The Labute approximate surface area is 102 Å². The minimum absolute atomic E-state index is 0.0677. The number of phenols is 1. The number of halogens is 1. The highest BCUT2D eigenvalue weighted by Crippen LogP contribution is 2.26. The Morgan fingerprint density at radius 3 is 2.94 bits per heavy atom. The number of phenolic OH excluding ortho intramolecular Hbond substituents is 1. The van der Waals surface area contributed by atoms with E-state index in [9.17, 15) is 9.90 Å². The third-order valence-electron chi connectivity index (χ3n) is 2.02. The van der Waals surface area contributed by atoms with E-state index >= 15 is 0 Å². The smallest absolute Gasteiger partial charge is 0.311 e. The van der Waals surface area contributed by atoms with E-state index in [-0.39, 0.29) is 17.3 Å². The normalized spacial score (nSPS) is 10.2. The number of amides is 1. The predicted octanol–water partition coefficient (Wildman–Crippen LogP) is 2.59. The van der Waals surface area contributed by atoms with Crippen molar-refractivity contribution in [2.75, 3.05) is 5.32 Å². The summed E-state index contributed by atoms with van der Waals surface area (Å²) in [5.74, 6) is -0.158. The van der Waals surface area contributed by atoms with Gasteiger partial charge in [-0.05, 0) is 25.1 Å². The first-order valence-electron chi connectivity index (χ1n) is 4.78. The fourth-order valence-corrected chi connectivity index (χ4v) is 1.42. The molecule has 17 heavy (non-hydrogen) atoms. The summed E-state index contributed by atoms with van der Waals surface area (Å²) in [6, 6.07) is 4.34. The predicted molar refractivity (Wildman–Crippen MR) is 62.3 cm³/mol. The Hall–Kier alpha value is -2.01. The molecule has 0 atom stereocenters. The Balaban J connectivity index is 2.21. The molecule has 0 unspecified atom stereocenters. The first kappa shape index (κ1) is 11.5. The monoisotopic (exact) mass is 252 g/mol. The van der Waals surface area contributed by atoms with Crippen molar-refractivity contribution in [3.8, 4) is 5.75 Å². The quantitative estimate of drug-likeness (QED) is 0.806. The van der Waals surface area contributed by atoms with Crippen molar-refractivity contribution in [1.29, 1.82) is 0 Å². The maximum Gasteiger partial charge on any atom is 0.311 e. The van der Waals surface area contributed by atoms with Crippen LogP contribution in [0.5, 0.6) is 5.75 Å². The number of carbonyl (C=O) groups is 1. The Kier molecular flexibility index (Phi) is 3.01. The number of hydrogen-bond donors (Lipinski definition) is 2. The molecule has 0 aliphatic carbocycles. The van der Waals surface area contributed by atoms with Crippen molar-refractivity contribution < 1.29 is 14.3 Å². The number of rotatable bonds is 2. The molecular formula is C11H9ClN2O3. The molecule has 2 aromatic rings. The van der Waals surface area contributed by atoms with E-state index in [4.69, 9.17) is 16.0 Å². The Morgan fingerprint density at radius 2 is 2.29 bits per heavy atom. The van der Waals surface area contributed by atoms with Gasteiger partial charge in [-0.2, -0.15) is 0 Å². The third kappa shape index (κ3) is 2.57. The molecule has 0 aliphatic heterocycles. The van der Waals surface area contributed by atoms with Crippen LogP contribution in [-0.4, -0.2) is 16.0 Å². The van der Waals surface area contributed by atoms with Gasteiger partial charge >= 0.3 is 5.91 Å². The van der Waals surface area contributed by atoms with E-state index in [1.807, 2.05) is 0 Å². The summed E-state index contributed by atoms with van der Waals surface area (Å²) in [7, 11) is 0. The van der Waals surface area contributed by atoms with Crippen LogP contribution in [-0.2, 0) is 0 Å². The van der Waals surface area contributed by atoms with Crippen LogP contribution in [0.3, 0.4) is 0 Å². The van der Waals surface area contributed by atoms with Gasteiger partial charge in [0.1, 0.15) is 11.5 Å². The Morgan fingerprint density at radius 1 is 1.53 bits per heavy atom. The van der Waals surface area contributed by atoms with Gasteiger partial charge in [-0.1, -0.05) is 11.6 Å². The minimum atomic E-state index is -0.546. The van der Waals surface area contributed by atoms with Gasteiger partial charge in [-0.3, -0.25) is 4.79 Å². The number of nitrogens with zero attached hydrogens (tertiary/aromatic N) is 1. The maximum atomic E-state index is 11.7. The number of carbonyl (C=O) groups excluding carboxylic acids is 1. The Bertz CT molecular complexity index is 566. The van der Waals surface area contributed by atoms with E-state index in [1.54, 1.807) is 6.92 Å². The standard InChI is InChI=1S/C11H9ClN2O3/c1-6-5-13-11(17-6)10(16)14-8-4-7(12)2-3-9(8)15/h2-5,15H,1H3,(H,14,16). The molecule has 6 heteroatoms. The number of aromatic hydroxyl groups is 1. The second kappa shape index (κ2) is 4.47. The van der Waals surface area contributed by atoms with Crippen LogP contribution >= 0.6 is 11.6 Å². The van der Waals surface area contributed by atoms with Gasteiger partial charge in [0, 0.05) is 5.02 Å². The highest BCUT2D eigenvalue weighted by molar-refractivity contribution is 6.31. The zero-order valence-corrected chi connectivity index (χ0v) is 9.65. The molecule has 0 fully saturated rings. The molecule has 5 nitrogen and oxygen atoms in total. The molecule has 0 saturated carbocycles. The van der Waals surface area contributed by atoms with Crippen LogP contribution in [0.15, 0.2) is 28.8 Å². The summed E-state index contributed by atoms with van der Waals surface area (Å²) in [6.07, 6.45) is 1.44. The zero-order chi connectivity index (χ0) is 12.4. The molecule has 0 saturated heterocycles. The van der Waals surface area contributed by atoms with Crippen LogP contribution in [0.4, 0.5) is 5.69 Å². The molecule has 1 aromatic heterocycles. The number of hydrogen-bond acceptors (Lipinski definition) is 4. The lowest BCUT2D eigenvalue weighted by Crippen LogP contribution is -2.12. The van der Waals surface area contributed by atoms with Gasteiger partial charge in [0.2, 0.25) is 0 Å². The third-order valence-corrected chi connectivity index (χ3v) is 2.26. The van der Waals surface area contributed by atoms with Crippen molar-refractivity contribution in [1.82, 2.24) is 4.98 Å². The summed E-state index contributed by atoms with van der Waals surface area (Å²) in [4.78, 5) is 15.4. The van der Waals surface area contributed by atoms with Crippen LogP contribution in [0.2, 0.25) is 5.02 Å². The number of anilines is 1. The lowest BCUT2D eigenvalue weighted by Gasteiger charge is -2.05. The fourth-order valence-electron chi connectivity index (χ4n) is 1.24. The van der Waals surface area contributed by atoms with E-state index in [1.165, 1.54) is 24.4 Å². The van der Waals surface area contributed by atoms with Crippen molar-refractivity contribution in [3.05, 3.63) is 41.1 Å². The maximum absolute atomic E-state index is 11.7. The highest BCUT2D eigenvalue weighted by atomic mass is 35.5. The lowest BCUT2D eigenvalue weighted by atomic mass is 10.3. The fraction of sp³-hybridized carbons (Fsp3) is 0.0909. The zero-order valence-electron chi connectivity index (χ0n) is 8.90. The number of oxazole rings is 1. The molecule has 0 aliphatic rings. The molecule has 2 rings (SSSR count). The van der Waals surface area contributed by atoms with Gasteiger partial charge in [-0.15, -0.1) is 0 Å². The molecule has 0 spiro atoms. The lowest BCUT2D eigenvalue weighted by molar-refractivity contribution is 0.0988. The van der Waals surface area contributed by atoms with Gasteiger partial charge in [-0.25, -0.2) is 4.98 Å². The summed E-state index contributed by atoms with van der Waals surface area (Å²) >= 11 is 5.75. The van der Waals surface area contributed by atoms with Crippen LogP contribution < -0.4 is 5.32 Å². The average Bonchev–Trinajstić information content (AvgIpc) is 2.70. The average molecular weight is 253 g/mol. The molecule has 2 N–H and O–H groups in total. The number of aromatic nitrogens is 1. The van der Waals surface area contributed by atoms with Crippen molar-refractivity contribution >= 4 is 23.2 Å². The second-order valence-electron chi connectivity index (χ2n) is 3.39. The largest absolute Gasteiger partial charge is 0.506 e. The second-order valence-corrected chi connectivity index (χ2v) is 3.83. The summed E-state index contributed by atoms with van der Waals surface area (Å²) in [5, 5.41) is 12.4. The van der Waals surface area contributed by atoms with Crippen molar-refractivity contribution in [2.45, 2.75) is 6.92 Å². The SMILES string of the molecule is Cc1cnc(C(=O)Nc2cc(Cl)ccc2O)o1. The van der Waals surface area contributed by atoms with Gasteiger partial charge in [0.05, 0.1) is 11.9 Å². The summed E-state index contributed by atoms with van der Waals surface area (Å²) in [6.45, 7) is 1.68. The molecule has 1 aromatic carbocycles. The van der Waals surface area contributed by atoms with Crippen LogP contribution in [0.25, 0.3) is 0 Å². The van der Waals surface area contributed by atoms with Gasteiger partial charge in [0.15, 0.2) is 0 Å². The van der Waals surface area contributed by atoms with E-state index in [2.05, 4.69) is 10.3 Å². The first-order chi connectivity index (χ1) is 8.06. The number of benzene rings is 1. The highest BCUT2D eigenvalue weighted by Gasteiger charge is 2.14. The molecular weight excluding hydrogens is 244 g/mol. The number of aryl methyl sites for hydroxylation is 1. The molecule has 0 bridgehead atoms. The van der Waals surface area contributed by atoms with Gasteiger partial charge < -0.3 is 14.8 Å². The molecule has 88 valence electrons. The van der Waals surface area contributed by atoms with E-state index in [0.717, 1.165) is 0 Å². The summed E-state index contributed by atoms with van der Waals surface area (Å²) < 4.78 is 5.05. The first-order valence-corrected chi connectivity index (χ1v) is 5.16. The minimum Gasteiger partial charge on any atom is -0.506 e. The number of nitrogens with one attached hydrogen (secondary N) is 1. The van der Waals surface area contributed by atoms with E-state index in [0.29, 0.717) is 10.8 Å².